The summed E-state index contributed by atoms with van der Waals surface area (Å²) < 4.78 is 92.0. The van der Waals surface area contributed by atoms with Gasteiger partial charge in [0.05, 0.1) is 45.6 Å². The maximum Gasteiger partial charge on any atom is 0.418 e. The molecule has 0 aliphatic rings. The van der Waals surface area contributed by atoms with Gasteiger partial charge >= 0.3 is 6.18 Å². The minimum atomic E-state index is -4.72. The quantitative estimate of drug-likeness (QED) is 0.232. The number of hydrogen-bond acceptors (Lipinski definition) is 7. The highest BCUT2D eigenvalue weighted by Crippen LogP contribution is 2.31. The topological polar surface area (TPSA) is 142 Å². The molecule has 0 atom stereocenters. The van der Waals surface area contributed by atoms with E-state index in [0.29, 0.717) is 22.0 Å². The molecule has 0 aliphatic heterocycles. The molecule has 4 aromatic rings. The van der Waals surface area contributed by atoms with Crippen molar-refractivity contribution in [3.05, 3.63) is 101 Å². The fourth-order valence-corrected chi connectivity index (χ4v) is 4.46. The highest BCUT2D eigenvalue weighted by atomic mass is 35.5. The smallest absolute Gasteiger partial charge is 0.397 e. The zero-order valence-electron chi connectivity index (χ0n) is 22.5. The molecule has 18 heteroatoms. The fourth-order valence-electron chi connectivity index (χ4n) is 3.48. The molecule has 10 nitrogen and oxygen atoms in total. The number of nitrogens with two attached hydrogens (primary N) is 1. The Balaban J connectivity index is 0.000000236. The molecule has 0 amide bonds. The summed E-state index contributed by atoms with van der Waals surface area (Å²) in [6, 6.07) is 3.93. The first-order valence-electron chi connectivity index (χ1n) is 11.7. The van der Waals surface area contributed by atoms with Crippen molar-refractivity contribution in [3.8, 4) is 11.4 Å². The Labute approximate surface area is 250 Å². The molecule has 0 spiro atoms. The molecule has 0 fully saturated rings. The molecule has 2 aromatic heterocycles. The van der Waals surface area contributed by atoms with Crippen LogP contribution in [0.2, 0.25) is 10.0 Å². The highest BCUT2D eigenvalue weighted by molar-refractivity contribution is 7.92. The molecule has 230 valence electrons. The van der Waals surface area contributed by atoms with Crippen LogP contribution in [0.3, 0.4) is 0 Å². The number of nitrogen functional groups attached to an aromatic ring is 1. The predicted molar refractivity (Wildman–Crippen MR) is 152 cm³/mol. The molecule has 43 heavy (non-hydrogen) atoms. The van der Waals surface area contributed by atoms with E-state index in [1.165, 1.54) is 6.20 Å². The third kappa shape index (κ3) is 7.50. The summed E-state index contributed by atoms with van der Waals surface area (Å²) in [6.45, 7) is 4.29. The van der Waals surface area contributed by atoms with E-state index in [-0.39, 0.29) is 32.8 Å². The zero-order chi connectivity index (χ0) is 32.6. The monoisotopic (exact) mass is 666 g/mol. The van der Waals surface area contributed by atoms with Crippen molar-refractivity contribution in [1.82, 2.24) is 19.6 Å². The molecule has 0 unspecified atom stereocenters. The number of alkyl halides is 3. The molecule has 3 N–H and O–H groups in total. The number of aromatic nitrogens is 4. The molecular weight excluding hydrogens is 646 g/mol. The Hall–Kier alpha value is -4.02. The van der Waals surface area contributed by atoms with E-state index in [4.69, 9.17) is 28.9 Å². The molecule has 4 rings (SSSR count). The Bertz CT molecular complexity index is 1960. The van der Waals surface area contributed by atoms with Crippen LogP contribution >= 0.6 is 23.2 Å². The minimum absolute atomic E-state index is 0.0284. The van der Waals surface area contributed by atoms with Crippen molar-refractivity contribution in [3.63, 3.8) is 0 Å². The summed E-state index contributed by atoms with van der Waals surface area (Å²) in [5.74, 6) is -1.72. The van der Waals surface area contributed by atoms with Crippen LogP contribution < -0.4 is 21.6 Å². The third-order valence-electron chi connectivity index (χ3n) is 5.85. The van der Waals surface area contributed by atoms with Gasteiger partial charge in [-0.3, -0.25) is 14.3 Å². The minimum Gasteiger partial charge on any atom is -0.397 e. The molecule has 0 saturated carbocycles. The lowest BCUT2D eigenvalue weighted by molar-refractivity contribution is -0.138. The Morgan fingerprint density at radius 1 is 0.837 bits per heavy atom. The van der Waals surface area contributed by atoms with Gasteiger partial charge in [0.1, 0.15) is 11.4 Å². The lowest BCUT2D eigenvalue weighted by Crippen LogP contribution is -2.28. The lowest BCUT2D eigenvalue weighted by Gasteiger charge is -2.12. The maximum atomic E-state index is 14.1. The second kappa shape index (κ2) is 12.3. The number of nitrogens with one attached hydrogen (secondary N) is 1. The Morgan fingerprint density at radius 3 is 1.86 bits per heavy atom. The van der Waals surface area contributed by atoms with Gasteiger partial charge in [0.2, 0.25) is 10.0 Å². The Morgan fingerprint density at radius 2 is 1.33 bits per heavy atom. The summed E-state index contributed by atoms with van der Waals surface area (Å²) in [6.07, 6.45) is -1.89. The van der Waals surface area contributed by atoms with Crippen LogP contribution in [0.25, 0.3) is 11.4 Å². The van der Waals surface area contributed by atoms with Crippen LogP contribution in [0.4, 0.5) is 33.3 Å². The second-order valence-corrected chi connectivity index (χ2v) is 11.6. The number of anilines is 2. The van der Waals surface area contributed by atoms with Crippen molar-refractivity contribution in [1.29, 1.82) is 0 Å². The summed E-state index contributed by atoms with van der Waals surface area (Å²) >= 11 is 11.4. The van der Waals surface area contributed by atoms with Gasteiger partial charge in [-0.15, -0.1) is 0 Å². The summed E-state index contributed by atoms with van der Waals surface area (Å²) in [5, 5.41) is 7.04. The molecular formula is C25H21Cl2F5N6O4S. The van der Waals surface area contributed by atoms with Crippen molar-refractivity contribution in [2.75, 3.05) is 16.7 Å². The average molecular weight is 667 g/mol. The van der Waals surface area contributed by atoms with E-state index in [2.05, 4.69) is 14.9 Å². The number of halogens is 7. The number of rotatable bonds is 4. The van der Waals surface area contributed by atoms with Crippen molar-refractivity contribution in [2.45, 2.75) is 26.9 Å². The molecule has 0 aliphatic carbocycles. The van der Waals surface area contributed by atoms with Gasteiger partial charge < -0.3 is 5.73 Å². The number of sulfonamides is 1. The van der Waals surface area contributed by atoms with Crippen LogP contribution in [0.5, 0.6) is 0 Å². The summed E-state index contributed by atoms with van der Waals surface area (Å²) in [5.41, 5.74) is 2.60. The van der Waals surface area contributed by atoms with Crippen molar-refractivity contribution < 1.29 is 30.4 Å². The standard InChI is InChI=1S/C13H13ClFN3O3S.C12H8ClF4N3O/c1-7-6-16-18(13(19)8(7)2)12-5-11(17-22(3,20)21)9(14)4-10(12)15;1-5-6(12(15,16)17)4-19-20(11(5)21)10-3-9(18)7(13)2-8(10)14/h4-6,17H,1-3H3;2-4H,18H2,1H3. The highest BCUT2D eigenvalue weighted by Gasteiger charge is 2.34. The first-order chi connectivity index (χ1) is 19.7. The molecule has 0 saturated heterocycles. The first-order valence-corrected chi connectivity index (χ1v) is 14.3. The van der Waals surface area contributed by atoms with Gasteiger partial charge in [0.25, 0.3) is 11.1 Å². The lowest BCUT2D eigenvalue weighted by atomic mass is 10.2. The van der Waals surface area contributed by atoms with E-state index in [9.17, 15) is 40.0 Å². The molecule has 2 aromatic carbocycles. The van der Waals surface area contributed by atoms with E-state index in [1.807, 2.05) is 0 Å². The van der Waals surface area contributed by atoms with E-state index in [0.717, 1.165) is 42.1 Å². The van der Waals surface area contributed by atoms with E-state index >= 15 is 0 Å². The van der Waals surface area contributed by atoms with Crippen LogP contribution in [-0.4, -0.2) is 34.2 Å². The van der Waals surface area contributed by atoms with Crippen LogP contribution in [-0.2, 0) is 16.2 Å². The molecule has 0 bridgehead atoms. The average Bonchev–Trinajstić information content (AvgIpc) is 2.88. The summed E-state index contributed by atoms with van der Waals surface area (Å²) in [4.78, 5) is 24.1. The summed E-state index contributed by atoms with van der Waals surface area (Å²) in [7, 11) is -3.60. The number of benzene rings is 2. The van der Waals surface area contributed by atoms with Crippen LogP contribution in [0.1, 0.15) is 22.3 Å². The van der Waals surface area contributed by atoms with Gasteiger partial charge in [-0.2, -0.15) is 32.7 Å². The Kier molecular flexibility index (Phi) is 9.58. The van der Waals surface area contributed by atoms with E-state index in [1.54, 1.807) is 13.8 Å². The van der Waals surface area contributed by atoms with Crippen molar-refractivity contribution >= 4 is 44.6 Å². The second-order valence-electron chi connectivity index (χ2n) is 9.05. The normalized spacial score (nSPS) is 11.6. The number of hydrogen-bond donors (Lipinski definition) is 2. The molecule has 0 radical (unpaired) electrons. The zero-order valence-corrected chi connectivity index (χ0v) is 24.8. The number of nitrogens with zero attached hydrogens (tertiary/aromatic N) is 4. The van der Waals surface area contributed by atoms with Crippen LogP contribution in [0.15, 0.2) is 46.2 Å². The van der Waals surface area contributed by atoms with Crippen LogP contribution in [0, 0.1) is 32.4 Å². The van der Waals surface area contributed by atoms with Gasteiger partial charge in [-0.1, -0.05) is 23.2 Å². The van der Waals surface area contributed by atoms with Gasteiger partial charge in [-0.25, -0.2) is 17.2 Å². The third-order valence-corrected chi connectivity index (χ3v) is 7.08. The van der Waals surface area contributed by atoms with E-state index < -0.39 is 50.1 Å². The number of aryl methyl sites for hydroxylation is 1. The van der Waals surface area contributed by atoms with Gasteiger partial charge in [0, 0.05) is 11.1 Å². The largest absolute Gasteiger partial charge is 0.418 e. The fraction of sp³-hybridized carbons (Fsp3) is 0.200. The molecule has 2 heterocycles. The maximum absolute atomic E-state index is 14.1. The van der Waals surface area contributed by atoms with Crippen molar-refractivity contribution in [2.24, 2.45) is 0 Å². The van der Waals surface area contributed by atoms with Gasteiger partial charge in [-0.05, 0) is 50.6 Å². The van der Waals surface area contributed by atoms with Gasteiger partial charge in [0.15, 0.2) is 11.6 Å². The predicted octanol–water partition coefficient (Wildman–Crippen LogP) is 4.95. The first kappa shape index (κ1) is 33.5. The SMILES string of the molecule is Cc1c(C(F)(F)F)cnn(-c2cc(N)c(Cl)cc2F)c1=O.Cc1cnn(-c2cc(NS(C)(=O)=O)c(Cl)cc2F)c(=O)c1C.